The molecule has 1 aliphatic carbocycles. The smallest absolute Gasteiger partial charge is 0.319 e. The Hall–Kier alpha value is -4.00. The molecule has 2 aromatic carbocycles. The van der Waals surface area contributed by atoms with Gasteiger partial charge >= 0.3 is 6.01 Å². The fourth-order valence-corrected chi connectivity index (χ4v) is 10.4. The quantitative estimate of drug-likeness (QED) is 0.192. The summed E-state index contributed by atoms with van der Waals surface area (Å²) in [4.78, 5) is 27.7. The Bertz CT molecular complexity index is 2160. The van der Waals surface area contributed by atoms with Gasteiger partial charge in [-0.05, 0) is 50.3 Å². The number of halogens is 6. The first kappa shape index (κ1) is 35.1. The van der Waals surface area contributed by atoms with E-state index < -0.39 is 41.5 Å². The molecule has 0 bridgehead atoms. The average Bonchev–Trinajstić information content (AvgIpc) is 3.74. The predicted molar refractivity (Wildman–Crippen MR) is 190 cm³/mol. The van der Waals surface area contributed by atoms with Crippen LogP contribution in [0, 0.1) is 28.9 Å². The molecule has 3 fully saturated rings. The molecule has 5 heterocycles. The van der Waals surface area contributed by atoms with E-state index in [-0.39, 0.29) is 85.0 Å². The highest BCUT2D eigenvalue weighted by atomic mass is 35.5. The van der Waals surface area contributed by atoms with E-state index in [0.29, 0.717) is 44.6 Å². The van der Waals surface area contributed by atoms with Crippen molar-refractivity contribution in [2.24, 2.45) is 5.92 Å². The number of nitrogens with two attached hydrogens (primary N) is 1. The maximum atomic E-state index is 17.4. The Morgan fingerprint density at radius 2 is 2.00 bits per heavy atom. The third-order valence-electron chi connectivity index (χ3n) is 11.4. The van der Waals surface area contributed by atoms with Gasteiger partial charge in [0.2, 0.25) is 5.78 Å². The summed E-state index contributed by atoms with van der Waals surface area (Å²) in [5, 5.41) is 10.4. The van der Waals surface area contributed by atoms with Gasteiger partial charge in [0.05, 0.1) is 31.9 Å². The number of nitrogens with zero attached hydrogens (tertiary/aromatic N) is 6. The number of alkyl halides is 3. The Morgan fingerprint density at radius 3 is 2.77 bits per heavy atom. The van der Waals surface area contributed by atoms with Crippen molar-refractivity contribution in [1.29, 1.82) is 5.26 Å². The van der Waals surface area contributed by atoms with Gasteiger partial charge in [-0.15, -0.1) is 11.3 Å². The van der Waals surface area contributed by atoms with Crippen LogP contribution >= 0.6 is 22.9 Å². The Morgan fingerprint density at radius 1 is 1.19 bits per heavy atom. The van der Waals surface area contributed by atoms with Gasteiger partial charge in [0.15, 0.2) is 5.82 Å². The molecular formula is C36H35ClF5N7O2S. The maximum Gasteiger partial charge on any atom is 0.319 e. The highest BCUT2D eigenvalue weighted by Gasteiger charge is 2.49. The molecule has 16 heteroatoms. The maximum absolute atomic E-state index is 17.4. The number of fused-ring (bicyclic) bond motifs is 2. The van der Waals surface area contributed by atoms with Gasteiger partial charge in [-0.3, -0.25) is 9.69 Å². The Kier molecular flexibility index (Phi) is 8.86. The molecule has 2 aromatic heterocycles. The van der Waals surface area contributed by atoms with Crippen LogP contribution < -0.4 is 20.3 Å². The summed E-state index contributed by atoms with van der Waals surface area (Å²) in [5.41, 5.74) is 5.82. The molecule has 274 valence electrons. The largest absolute Gasteiger partial charge is 0.461 e. The van der Waals surface area contributed by atoms with Crippen molar-refractivity contribution in [3.63, 3.8) is 0 Å². The molecule has 52 heavy (non-hydrogen) atoms. The number of ether oxygens (including phenoxy) is 1. The number of carbonyl (C=O) groups is 1. The highest BCUT2D eigenvalue weighted by molar-refractivity contribution is 7.23. The monoisotopic (exact) mass is 759 g/mol. The minimum atomic E-state index is -3.08. The number of nitriles is 1. The number of nitrogen functional groups attached to an aromatic ring is 1. The van der Waals surface area contributed by atoms with Crippen molar-refractivity contribution in [2.45, 2.75) is 69.1 Å². The molecule has 4 aliphatic rings. The number of ketones is 1. The van der Waals surface area contributed by atoms with Gasteiger partial charge in [0, 0.05) is 56.0 Å². The molecular weight excluding hydrogens is 725 g/mol. The van der Waals surface area contributed by atoms with E-state index >= 15 is 8.78 Å². The van der Waals surface area contributed by atoms with E-state index in [4.69, 9.17) is 27.1 Å². The van der Waals surface area contributed by atoms with E-state index in [2.05, 4.69) is 9.88 Å². The fourth-order valence-electron chi connectivity index (χ4n) is 8.99. The number of carbonyl (C=O) groups excluding carboxylic acids is 1. The molecule has 0 amide bonds. The molecule has 1 saturated carbocycles. The van der Waals surface area contributed by atoms with Gasteiger partial charge in [-0.2, -0.15) is 15.2 Å². The van der Waals surface area contributed by atoms with E-state index in [1.54, 1.807) is 7.05 Å². The zero-order valence-electron chi connectivity index (χ0n) is 28.2. The number of likely N-dealkylation sites (N-methyl/N-ethyl adjacent to an activating group) is 1. The second kappa shape index (κ2) is 13.1. The van der Waals surface area contributed by atoms with Crippen molar-refractivity contribution in [1.82, 2.24) is 14.9 Å². The van der Waals surface area contributed by atoms with Gasteiger partial charge in [0.1, 0.15) is 41.0 Å². The molecule has 3 aliphatic heterocycles. The number of rotatable bonds is 7. The summed E-state index contributed by atoms with van der Waals surface area (Å²) in [5.74, 6) is -3.15. The van der Waals surface area contributed by atoms with E-state index in [1.165, 1.54) is 12.1 Å². The molecule has 0 radical (unpaired) electrons. The number of Topliss-reactive ketones (excluding diaryl/α,β-unsaturated/α-hetero) is 1. The van der Waals surface area contributed by atoms with E-state index in [9.17, 15) is 23.2 Å². The molecule has 0 spiro atoms. The van der Waals surface area contributed by atoms with Crippen molar-refractivity contribution in [2.75, 3.05) is 55.4 Å². The third kappa shape index (κ3) is 5.51. The molecule has 4 atom stereocenters. The molecule has 8 rings (SSSR count). The second-order valence-corrected chi connectivity index (χ2v) is 15.8. The Balaban J connectivity index is 1.33. The lowest BCUT2D eigenvalue weighted by Gasteiger charge is -2.38. The summed E-state index contributed by atoms with van der Waals surface area (Å²) >= 11 is 8.06. The van der Waals surface area contributed by atoms with Gasteiger partial charge in [0.25, 0.3) is 6.43 Å². The number of benzene rings is 2. The number of aromatic nitrogens is 2. The lowest BCUT2D eigenvalue weighted by molar-refractivity contribution is -0.134. The number of thiophene rings is 1. The zero-order chi connectivity index (χ0) is 36.6. The summed E-state index contributed by atoms with van der Waals surface area (Å²) in [6.45, 7) is 1.78. The lowest BCUT2D eigenvalue weighted by Crippen LogP contribution is -2.44. The van der Waals surface area contributed by atoms with Crippen LogP contribution in [0.5, 0.6) is 6.01 Å². The van der Waals surface area contributed by atoms with E-state index in [0.717, 1.165) is 30.7 Å². The summed E-state index contributed by atoms with van der Waals surface area (Å²) in [6, 6.07) is 4.01. The van der Waals surface area contributed by atoms with Crippen LogP contribution in [0.25, 0.3) is 32.1 Å². The Labute approximate surface area is 305 Å². The van der Waals surface area contributed by atoms with Crippen LogP contribution in [0.3, 0.4) is 0 Å². The molecule has 3 unspecified atom stereocenters. The molecule has 4 aromatic rings. The molecule has 9 nitrogen and oxygen atoms in total. The number of anilines is 3. The first-order valence-corrected chi connectivity index (χ1v) is 18.6. The summed E-state index contributed by atoms with van der Waals surface area (Å²) in [6.07, 6.45) is -0.569. The minimum absolute atomic E-state index is 0.00355. The molecule has 2 saturated heterocycles. The van der Waals surface area contributed by atoms with Crippen LogP contribution in [0.4, 0.5) is 38.5 Å². The summed E-state index contributed by atoms with van der Waals surface area (Å²) in [7, 11) is 1.77. The first-order chi connectivity index (χ1) is 24.9. The topological polar surface area (TPSA) is 112 Å². The van der Waals surface area contributed by atoms with Crippen molar-refractivity contribution >= 4 is 66.2 Å². The minimum Gasteiger partial charge on any atom is -0.461 e. The van der Waals surface area contributed by atoms with Gasteiger partial charge < -0.3 is 20.3 Å². The third-order valence-corrected chi connectivity index (χ3v) is 12.8. The second-order valence-electron chi connectivity index (χ2n) is 14.4. The average molecular weight is 760 g/mol. The standard InChI is InChI=1S/C36H35ClF5N7O2S/c1-47-10-11-49(19-5-2-4-17(12-19)30(50)32(41)42)34-25-28(45-35(46-34)51-16-36-8-3-9-48(36)15-18(38)13-36)27(40)24(26(37)29(25)47)20-6-7-22(39)31-23(20)21(14-43)33(44)52-31/h6-7,17-19,32H,2-5,8-13,15-16,44H2,1H3/t17?,18-,19?,36?/m1/s1. The first-order valence-electron chi connectivity index (χ1n) is 17.4. The number of hydrogen-bond acceptors (Lipinski definition) is 10. The normalized spacial score (nSPS) is 24.9. The summed E-state index contributed by atoms with van der Waals surface area (Å²) < 4.78 is 80.6. The van der Waals surface area contributed by atoms with Crippen LogP contribution in [0.15, 0.2) is 12.1 Å². The van der Waals surface area contributed by atoms with Crippen molar-refractivity contribution < 1.29 is 31.5 Å². The van der Waals surface area contributed by atoms with Gasteiger partial charge in [-0.25, -0.2) is 22.0 Å². The fraction of sp³-hybridized carbons (Fsp3) is 0.500. The van der Waals surface area contributed by atoms with Gasteiger partial charge in [-0.1, -0.05) is 24.1 Å². The number of hydrogen-bond donors (Lipinski definition) is 1. The highest BCUT2D eigenvalue weighted by Crippen LogP contribution is 2.51. The lowest BCUT2D eigenvalue weighted by atomic mass is 9.82. The predicted octanol–water partition coefficient (Wildman–Crippen LogP) is 7.50. The van der Waals surface area contributed by atoms with Crippen molar-refractivity contribution in [3.8, 4) is 23.2 Å². The van der Waals surface area contributed by atoms with E-state index in [1.807, 2.05) is 15.9 Å². The van der Waals surface area contributed by atoms with Crippen LogP contribution in [0.2, 0.25) is 5.02 Å². The van der Waals surface area contributed by atoms with Crippen LogP contribution in [-0.2, 0) is 4.79 Å². The zero-order valence-corrected chi connectivity index (χ0v) is 29.8. The van der Waals surface area contributed by atoms with Crippen LogP contribution in [0.1, 0.15) is 50.5 Å². The van der Waals surface area contributed by atoms with Crippen LogP contribution in [-0.4, -0.2) is 84.7 Å². The molecule has 2 N–H and O–H groups in total. The van der Waals surface area contributed by atoms with Crippen molar-refractivity contribution in [3.05, 3.63) is 34.4 Å². The SMILES string of the molecule is CN1CCN(C2CCCC(C(=O)C(F)F)C2)c2nc(OCC34CCCN3C[C@H](F)C4)nc3c(F)c(-c4ccc(F)c5sc(N)c(C#N)c45)c(Cl)c1c23.